The molecule has 1 amide bonds. The third kappa shape index (κ3) is 3.20. The fourth-order valence-electron chi connectivity index (χ4n) is 3.04. The molecule has 3 nitrogen and oxygen atoms in total. The van der Waals surface area contributed by atoms with Crippen molar-refractivity contribution in [3.8, 4) is 11.1 Å². The number of nitrogens with zero attached hydrogens (tertiary/aromatic N) is 1. The fraction of sp³-hybridized carbons (Fsp3) is 0.316. The molecule has 1 N–H and O–H groups in total. The van der Waals surface area contributed by atoms with E-state index in [1.165, 1.54) is 0 Å². The van der Waals surface area contributed by atoms with E-state index in [4.69, 9.17) is 0 Å². The number of hydrogen-bond donors (Lipinski definition) is 1. The number of amides is 1. The van der Waals surface area contributed by atoms with Crippen LogP contribution < -0.4 is 5.32 Å². The Morgan fingerprint density at radius 2 is 1.86 bits per heavy atom. The zero-order chi connectivity index (χ0) is 15.4. The van der Waals surface area contributed by atoms with Gasteiger partial charge in [0, 0.05) is 24.7 Å². The second-order valence-corrected chi connectivity index (χ2v) is 5.83. The van der Waals surface area contributed by atoms with E-state index in [-0.39, 0.29) is 5.91 Å². The first-order chi connectivity index (χ1) is 10.8. The summed E-state index contributed by atoms with van der Waals surface area (Å²) in [4.78, 5) is 14.7. The predicted molar refractivity (Wildman–Crippen MR) is 89.9 cm³/mol. The van der Waals surface area contributed by atoms with E-state index >= 15 is 0 Å². The van der Waals surface area contributed by atoms with Crippen molar-refractivity contribution in [3.05, 3.63) is 60.2 Å². The number of carbonyl (C=O) groups is 1. The summed E-state index contributed by atoms with van der Waals surface area (Å²) in [6, 6.07) is 18.5. The van der Waals surface area contributed by atoms with Gasteiger partial charge in [-0.1, -0.05) is 42.5 Å². The molecule has 114 valence electrons. The van der Waals surface area contributed by atoms with Crippen LogP contribution in [0.1, 0.15) is 23.2 Å². The predicted octanol–water partition coefficient (Wildman–Crippen LogP) is 3.18. The van der Waals surface area contributed by atoms with Crippen molar-refractivity contribution in [1.82, 2.24) is 10.2 Å². The highest BCUT2D eigenvalue weighted by atomic mass is 16.2. The van der Waals surface area contributed by atoms with Crippen LogP contribution >= 0.6 is 0 Å². The minimum atomic E-state index is 0.137. The first-order valence-corrected chi connectivity index (χ1v) is 7.90. The van der Waals surface area contributed by atoms with Gasteiger partial charge in [-0.05, 0) is 43.1 Å². The molecule has 0 aliphatic carbocycles. The van der Waals surface area contributed by atoms with Gasteiger partial charge in [-0.15, -0.1) is 0 Å². The highest BCUT2D eigenvalue weighted by Crippen LogP contribution is 2.21. The molecule has 2 aromatic rings. The fourth-order valence-corrected chi connectivity index (χ4v) is 3.04. The maximum atomic E-state index is 12.7. The molecule has 1 heterocycles. The van der Waals surface area contributed by atoms with Crippen LogP contribution in [-0.4, -0.2) is 37.0 Å². The van der Waals surface area contributed by atoms with Crippen LogP contribution in [0.2, 0.25) is 0 Å². The van der Waals surface area contributed by atoms with E-state index in [2.05, 4.69) is 23.5 Å². The van der Waals surface area contributed by atoms with Gasteiger partial charge >= 0.3 is 0 Å². The van der Waals surface area contributed by atoms with Gasteiger partial charge in [0.15, 0.2) is 0 Å². The van der Waals surface area contributed by atoms with Crippen LogP contribution in [0.25, 0.3) is 11.1 Å². The van der Waals surface area contributed by atoms with Gasteiger partial charge in [0.05, 0.1) is 0 Å². The Hall–Kier alpha value is -2.13. The Labute approximate surface area is 132 Å². The van der Waals surface area contributed by atoms with Crippen LogP contribution in [-0.2, 0) is 0 Å². The van der Waals surface area contributed by atoms with Crippen LogP contribution in [0.4, 0.5) is 0 Å². The minimum Gasteiger partial charge on any atom is -0.337 e. The molecule has 22 heavy (non-hydrogen) atoms. The first kappa shape index (κ1) is 14.8. The number of carbonyl (C=O) groups excluding carboxylic acids is 1. The summed E-state index contributed by atoms with van der Waals surface area (Å²) in [5, 5.41) is 3.28. The summed E-state index contributed by atoms with van der Waals surface area (Å²) in [5.41, 5.74) is 3.01. The van der Waals surface area contributed by atoms with Gasteiger partial charge in [0.1, 0.15) is 0 Å². The molecule has 1 saturated heterocycles. The van der Waals surface area contributed by atoms with Gasteiger partial charge in [-0.3, -0.25) is 4.79 Å². The van der Waals surface area contributed by atoms with Crippen molar-refractivity contribution in [2.45, 2.75) is 18.9 Å². The lowest BCUT2D eigenvalue weighted by Gasteiger charge is -2.32. The zero-order valence-corrected chi connectivity index (χ0v) is 13.0. The zero-order valence-electron chi connectivity index (χ0n) is 13.0. The van der Waals surface area contributed by atoms with Gasteiger partial charge in [-0.25, -0.2) is 0 Å². The third-order valence-corrected chi connectivity index (χ3v) is 4.33. The highest BCUT2D eigenvalue weighted by Gasteiger charge is 2.23. The molecule has 2 aromatic carbocycles. The van der Waals surface area contributed by atoms with Crippen molar-refractivity contribution < 1.29 is 4.79 Å². The van der Waals surface area contributed by atoms with E-state index in [0.29, 0.717) is 6.04 Å². The van der Waals surface area contributed by atoms with Gasteiger partial charge in [0.25, 0.3) is 5.91 Å². The second-order valence-electron chi connectivity index (χ2n) is 5.83. The molecule has 0 spiro atoms. The highest BCUT2D eigenvalue weighted by molar-refractivity contribution is 5.95. The lowest BCUT2D eigenvalue weighted by molar-refractivity contribution is 0.0698. The second kappa shape index (κ2) is 6.75. The number of benzene rings is 2. The Bertz CT molecular complexity index is 639. The Morgan fingerprint density at radius 1 is 1.09 bits per heavy atom. The topological polar surface area (TPSA) is 32.3 Å². The number of rotatable bonds is 3. The van der Waals surface area contributed by atoms with Gasteiger partial charge in [0.2, 0.25) is 0 Å². The largest absolute Gasteiger partial charge is 0.337 e. The summed E-state index contributed by atoms with van der Waals surface area (Å²) in [6.45, 7) is 1.65. The quantitative estimate of drug-likeness (QED) is 0.943. The molecule has 1 atom stereocenters. The van der Waals surface area contributed by atoms with Crippen molar-refractivity contribution in [2.75, 3.05) is 20.1 Å². The standard InChI is InChI=1S/C19H22N2O/c1-20-18-11-6-12-21(14-18)19(22)17-10-5-9-16(13-17)15-7-3-2-4-8-15/h2-5,7-10,13,18,20H,6,11-12,14H2,1H3. The molecule has 1 fully saturated rings. The maximum absolute atomic E-state index is 12.7. The van der Waals surface area contributed by atoms with E-state index < -0.39 is 0 Å². The summed E-state index contributed by atoms with van der Waals surface area (Å²) in [5.74, 6) is 0.137. The smallest absolute Gasteiger partial charge is 0.253 e. The third-order valence-electron chi connectivity index (χ3n) is 4.33. The number of hydrogen-bond acceptors (Lipinski definition) is 2. The molecule has 1 aliphatic heterocycles. The van der Waals surface area contributed by atoms with E-state index in [1.807, 2.05) is 48.3 Å². The van der Waals surface area contributed by atoms with Gasteiger partial charge in [-0.2, -0.15) is 0 Å². The molecule has 0 aromatic heterocycles. The Kier molecular flexibility index (Phi) is 4.54. The normalized spacial score (nSPS) is 18.2. The van der Waals surface area contributed by atoms with Gasteiger partial charge < -0.3 is 10.2 Å². The molecule has 0 saturated carbocycles. The lowest BCUT2D eigenvalue weighted by Crippen LogP contribution is -2.46. The van der Waals surface area contributed by atoms with Crippen LogP contribution in [0.5, 0.6) is 0 Å². The molecule has 3 rings (SSSR count). The molecule has 0 bridgehead atoms. The van der Waals surface area contributed by atoms with Crippen LogP contribution in [0.3, 0.4) is 0 Å². The molecule has 0 radical (unpaired) electrons. The summed E-state index contributed by atoms with van der Waals surface area (Å²) in [6.07, 6.45) is 2.21. The van der Waals surface area contributed by atoms with E-state index in [0.717, 1.165) is 42.6 Å². The van der Waals surface area contributed by atoms with E-state index in [9.17, 15) is 4.79 Å². The molecular formula is C19H22N2O. The van der Waals surface area contributed by atoms with Crippen molar-refractivity contribution in [3.63, 3.8) is 0 Å². The number of nitrogens with one attached hydrogen (secondary N) is 1. The lowest BCUT2D eigenvalue weighted by atomic mass is 10.0. The number of likely N-dealkylation sites (N-methyl/N-ethyl adjacent to an activating group) is 1. The van der Waals surface area contributed by atoms with Crippen molar-refractivity contribution >= 4 is 5.91 Å². The maximum Gasteiger partial charge on any atom is 0.253 e. The summed E-state index contributed by atoms with van der Waals surface area (Å²) >= 11 is 0. The SMILES string of the molecule is CNC1CCCN(C(=O)c2cccc(-c3ccccc3)c2)C1. The average molecular weight is 294 g/mol. The Balaban J connectivity index is 1.81. The minimum absolute atomic E-state index is 0.137. The summed E-state index contributed by atoms with van der Waals surface area (Å²) < 4.78 is 0. The number of piperidine rings is 1. The molecule has 3 heteroatoms. The van der Waals surface area contributed by atoms with Crippen molar-refractivity contribution in [2.24, 2.45) is 0 Å². The summed E-state index contributed by atoms with van der Waals surface area (Å²) in [7, 11) is 1.97. The molecule has 1 aliphatic rings. The Morgan fingerprint density at radius 3 is 2.64 bits per heavy atom. The van der Waals surface area contributed by atoms with E-state index in [1.54, 1.807) is 0 Å². The average Bonchev–Trinajstić information content (AvgIpc) is 2.62. The van der Waals surface area contributed by atoms with Crippen LogP contribution in [0, 0.1) is 0 Å². The first-order valence-electron chi connectivity index (χ1n) is 7.90. The molecular weight excluding hydrogens is 272 g/mol. The van der Waals surface area contributed by atoms with Crippen molar-refractivity contribution in [1.29, 1.82) is 0 Å². The number of likely N-dealkylation sites (tertiary alicyclic amines) is 1. The van der Waals surface area contributed by atoms with Crippen LogP contribution in [0.15, 0.2) is 54.6 Å². The molecule has 1 unspecified atom stereocenters. The monoisotopic (exact) mass is 294 g/mol.